The van der Waals surface area contributed by atoms with Crippen molar-refractivity contribution in [2.45, 2.75) is 13.5 Å². The van der Waals surface area contributed by atoms with Crippen molar-refractivity contribution in [1.29, 1.82) is 0 Å². The maximum Gasteiger partial charge on any atom is 0.367 e. The minimum absolute atomic E-state index is 0.234. The Morgan fingerprint density at radius 1 is 1.04 bits per heavy atom. The first-order chi connectivity index (χ1) is 11.2. The number of carbonyl (C=O) groups excluding carboxylic acids is 1. The summed E-state index contributed by atoms with van der Waals surface area (Å²) in [6.45, 7) is 2.72. The molecule has 0 amide bonds. The lowest BCUT2D eigenvalue weighted by Gasteiger charge is -2.04. The zero-order chi connectivity index (χ0) is 16.1. The molecule has 23 heavy (non-hydrogen) atoms. The van der Waals surface area contributed by atoms with Gasteiger partial charge in [-0.2, -0.15) is 0 Å². The molecule has 116 valence electrons. The van der Waals surface area contributed by atoms with Crippen molar-refractivity contribution < 1.29 is 14.4 Å². The van der Waals surface area contributed by atoms with Crippen molar-refractivity contribution in [3.05, 3.63) is 76.9 Å². The molecule has 0 saturated heterocycles. The molecular formula is C19H17NO3. The molecule has 0 saturated carbocycles. The van der Waals surface area contributed by atoms with Crippen molar-refractivity contribution in [2.24, 2.45) is 5.16 Å². The highest BCUT2D eigenvalue weighted by atomic mass is 16.7. The Labute approximate surface area is 135 Å². The number of nitrogens with zero attached hydrogens (tertiary/aromatic N) is 1. The molecule has 0 unspecified atom stereocenters. The van der Waals surface area contributed by atoms with Crippen molar-refractivity contribution in [1.82, 2.24) is 0 Å². The summed E-state index contributed by atoms with van der Waals surface area (Å²) in [5.41, 5.74) is 4.14. The molecule has 2 aromatic rings. The van der Waals surface area contributed by atoms with Gasteiger partial charge in [0.15, 0.2) is 0 Å². The number of benzene rings is 2. The molecule has 3 rings (SSSR count). The van der Waals surface area contributed by atoms with Crippen LogP contribution in [0.2, 0.25) is 0 Å². The Hall–Kier alpha value is -2.72. The minimum atomic E-state index is -0.441. The van der Waals surface area contributed by atoms with E-state index in [4.69, 9.17) is 9.57 Å². The van der Waals surface area contributed by atoms with Crippen LogP contribution in [0.1, 0.15) is 16.7 Å². The maximum absolute atomic E-state index is 11.8. The zero-order valence-corrected chi connectivity index (χ0v) is 12.9. The molecule has 0 atom stereocenters. The summed E-state index contributed by atoms with van der Waals surface area (Å²) in [6, 6.07) is 17.8. The highest BCUT2D eigenvalue weighted by molar-refractivity contribution is 6.25. The van der Waals surface area contributed by atoms with E-state index in [0.29, 0.717) is 17.9 Å². The molecule has 4 heteroatoms. The Bertz CT molecular complexity index is 746. The fraction of sp³-hybridized carbons (Fsp3) is 0.158. The second kappa shape index (κ2) is 7.03. The quantitative estimate of drug-likeness (QED) is 0.627. The third kappa shape index (κ3) is 3.93. The molecule has 1 aliphatic rings. The van der Waals surface area contributed by atoms with Crippen LogP contribution < -0.4 is 0 Å². The lowest BCUT2D eigenvalue weighted by molar-refractivity contribution is -0.136. The standard InChI is InChI=1S/C19H17NO3/c1-14-7-9-15(10-8-14)11-17-18(20-23-19(17)21)13-22-12-16-5-3-2-4-6-16/h2-11H,12-13H2,1H3/b17-11-. The van der Waals surface area contributed by atoms with Crippen LogP contribution in [-0.2, 0) is 21.0 Å². The van der Waals surface area contributed by atoms with Gasteiger partial charge in [-0.05, 0) is 24.1 Å². The van der Waals surface area contributed by atoms with Gasteiger partial charge in [-0.15, -0.1) is 0 Å². The first-order valence-electron chi connectivity index (χ1n) is 7.41. The van der Waals surface area contributed by atoms with Crippen molar-refractivity contribution >= 4 is 17.8 Å². The van der Waals surface area contributed by atoms with E-state index in [9.17, 15) is 4.79 Å². The van der Waals surface area contributed by atoms with E-state index in [2.05, 4.69) is 5.16 Å². The topological polar surface area (TPSA) is 47.9 Å². The zero-order valence-electron chi connectivity index (χ0n) is 12.9. The molecule has 0 aliphatic carbocycles. The van der Waals surface area contributed by atoms with Gasteiger partial charge in [-0.25, -0.2) is 4.79 Å². The van der Waals surface area contributed by atoms with Crippen LogP contribution in [0.3, 0.4) is 0 Å². The van der Waals surface area contributed by atoms with E-state index in [1.807, 2.05) is 61.5 Å². The summed E-state index contributed by atoms with van der Waals surface area (Å²) in [5, 5.41) is 3.82. The van der Waals surface area contributed by atoms with Crippen molar-refractivity contribution in [3.8, 4) is 0 Å². The average molecular weight is 307 g/mol. The second-order valence-corrected chi connectivity index (χ2v) is 5.36. The van der Waals surface area contributed by atoms with Crippen LogP contribution in [0.15, 0.2) is 65.3 Å². The van der Waals surface area contributed by atoms with E-state index in [1.54, 1.807) is 6.08 Å². The number of carbonyl (C=O) groups is 1. The Kier molecular flexibility index (Phi) is 4.64. The van der Waals surface area contributed by atoms with E-state index in [1.165, 1.54) is 5.56 Å². The number of hydrogen-bond donors (Lipinski definition) is 0. The Morgan fingerprint density at radius 3 is 2.52 bits per heavy atom. The van der Waals surface area contributed by atoms with Crippen molar-refractivity contribution in [2.75, 3.05) is 6.61 Å². The predicted molar refractivity (Wildman–Crippen MR) is 88.8 cm³/mol. The average Bonchev–Trinajstić information content (AvgIpc) is 2.91. The van der Waals surface area contributed by atoms with Gasteiger partial charge >= 0.3 is 5.97 Å². The first kappa shape index (κ1) is 15.2. The summed E-state index contributed by atoms with van der Waals surface area (Å²) in [5.74, 6) is -0.441. The lowest BCUT2D eigenvalue weighted by Crippen LogP contribution is -2.12. The van der Waals surface area contributed by atoms with Crippen LogP contribution in [-0.4, -0.2) is 18.3 Å². The first-order valence-corrected chi connectivity index (χ1v) is 7.41. The van der Waals surface area contributed by atoms with Gasteiger partial charge in [0.05, 0.1) is 18.8 Å². The predicted octanol–water partition coefficient (Wildman–Crippen LogP) is 3.51. The third-order valence-corrected chi connectivity index (χ3v) is 3.51. The summed E-state index contributed by atoms with van der Waals surface area (Å²) in [4.78, 5) is 16.6. The largest absolute Gasteiger partial charge is 0.370 e. The van der Waals surface area contributed by atoms with Gasteiger partial charge < -0.3 is 9.57 Å². The molecule has 0 aromatic heterocycles. The Balaban J connectivity index is 1.66. The summed E-state index contributed by atoms with van der Waals surface area (Å²) < 4.78 is 5.64. The molecule has 0 radical (unpaired) electrons. The fourth-order valence-electron chi connectivity index (χ4n) is 2.23. The van der Waals surface area contributed by atoms with E-state index < -0.39 is 5.97 Å². The van der Waals surface area contributed by atoms with Crippen LogP contribution in [0.4, 0.5) is 0 Å². The molecule has 0 fully saturated rings. The second-order valence-electron chi connectivity index (χ2n) is 5.36. The summed E-state index contributed by atoms with van der Waals surface area (Å²) in [6.07, 6.45) is 1.78. The summed E-state index contributed by atoms with van der Waals surface area (Å²) in [7, 11) is 0. The van der Waals surface area contributed by atoms with Crippen LogP contribution >= 0.6 is 0 Å². The normalized spacial score (nSPS) is 15.6. The highest BCUT2D eigenvalue weighted by Gasteiger charge is 2.25. The molecule has 0 spiro atoms. The van der Waals surface area contributed by atoms with Gasteiger partial charge in [0.25, 0.3) is 0 Å². The molecule has 2 aromatic carbocycles. The van der Waals surface area contributed by atoms with Gasteiger partial charge in [0.1, 0.15) is 5.71 Å². The third-order valence-electron chi connectivity index (χ3n) is 3.51. The van der Waals surface area contributed by atoms with E-state index in [0.717, 1.165) is 11.1 Å². The number of aryl methyl sites for hydroxylation is 1. The molecule has 1 aliphatic heterocycles. The van der Waals surface area contributed by atoms with E-state index >= 15 is 0 Å². The van der Waals surface area contributed by atoms with Gasteiger partial charge in [-0.3, -0.25) is 0 Å². The number of ether oxygens (including phenoxy) is 1. The molecule has 0 bridgehead atoms. The number of oxime groups is 1. The van der Waals surface area contributed by atoms with Gasteiger partial charge in [0, 0.05) is 0 Å². The van der Waals surface area contributed by atoms with E-state index in [-0.39, 0.29) is 6.61 Å². The number of rotatable bonds is 5. The van der Waals surface area contributed by atoms with Gasteiger partial charge in [0.2, 0.25) is 0 Å². The maximum atomic E-state index is 11.8. The minimum Gasteiger partial charge on any atom is -0.370 e. The molecule has 4 nitrogen and oxygen atoms in total. The van der Waals surface area contributed by atoms with Crippen molar-refractivity contribution in [3.63, 3.8) is 0 Å². The number of hydrogen-bond acceptors (Lipinski definition) is 4. The van der Waals surface area contributed by atoms with Gasteiger partial charge in [-0.1, -0.05) is 65.3 Å². The summed E-state index contributed by atoms with van der Waals surface area (Å²) >= 11 is 0. The molecule has 1 heterocycles. The van der Waals surface area contributed by atoms with Crippen LogP contribution in [0.25, 0.3) is 6.08 Å². The highest BCUT2D eigenvalue weighted by Crippen LogP contribution is 2.17. The fourth-order valence-corrected chi connectivity index (χ4v) is 2.23. The molecular weight excluding hydrogens is 290 g/mol. The SMILES string of the molecule is Cc1ccc(/C=C2\C(=O)ON=C2COCc2ccccc2)cc1. The Morgan fingerprint density at radius 2 is 1.78 bits per heavy atom. The lowest BCUT2D eigenvalue weighted by atomic mass is 10.1. The smallest absolute Gasteiger partial charge is 0.367 e. The molecule has 0 N–H and O–H groups in total. The van der Waals surface area contributed by atoms with Crippen LogP contribution in [0, 0.1) is 6.92 Å². The monoisotopic (exact) mass is 307 g/mol. The van der Waals surface area contributed by atoms with Crippen LogP contribution in [0.5, 0.6) is 0 Å².